The van der Waals surface area contributed by atoms with Crippen LogP contribution in [-0.4, -0.2) is 27.5 Å². The van der Waals surface area contributed by atoms with Crippen molar-refractivity contribution in [1.29, 1.82) is 0 Å². The monoisotopic (exact) mass is 358 g/mol. The Bertz CT molecular complexity index is 733. The van der Waals surface area contributed by atoms with E-state index in [0.717, 1.165) is 42.1 Å². The molecule has 0 bridgehead atoms. The number of carboxylic acid groups (broad SMARTS) is 1. The number of rotatable bonds is 10. The number of hydrogen-bond donors (Lipinski definition) is 1. The molecule has 2 aromatic rings. The van der Waals surface area contributed by atoms with Gasteiger partial charge in [0.25, 0.3) is 0 Å². The molecule has 26 heavy (non-hydrogen) atoms. The Morgan fingerprint density at radius 3 is 2.62 bits per heavy atom. The lowest BCUT2D eigenvalue weighted by Gasteiger charge is -2.17. The van der Waals surface area contributed by atoms with Gasteiger partial charge in [-0.1, -0.05) is 44.4 Å². The van der Waals surface area contributed by atoms with E-state index < -0.39 is 5.97 Å². The second-order valence-electron chi connectivity index (χ2n) is 6.93. The van der Waals surface area contributed by atoms with E-state index in [1.54, 1.807) is 0 Å². The van der Waals surface area contributed by atoms with Crippen molar-refractivity contribution in [2.24, 2.45) is 5.92 Å². The van der Waals surface area contributed by atoms with Gasteiger partial charge in [-0.25, -0.2) is 0 Å². The molecule has 0 radical (unpaired) electrons. The van der Waals surface area contributed by atoms with Gasteiger partial charge in [-0.05, 0) is 31.9 Å². The summed E-state index contributed by atoms with van der Waals surface area (Å²) in [6.07, 6.45) is 2.78. The lowest BCUT2D eigenvalue weighted by Crippen LogP contribution is -2.12. The molecule has 5 heteroatoms. The molecule has 0 fully saturated rings. The topological polar surface area (TPSA) is 64.4 Å². The minimum atomic E-state index is -0.798. The van der Waals surface area contributed by atoms with Gasteiger partial charge in [0, 0.05) is 17.7 Å². The van der Waals surface area contributed by atoms with E-state index in [0.29, 0.717) is 18.9 Å². The highest BCUT2D eigenvalue weighted by molar-refractivity contribution is 5.66. The predicted molar refractivity (Wildman–Crippen MR) is 103 cm³/mol. The number of aromatic nitrogens is 2. The Labute approximate surface area is 156 Å². The maximum atomic E-state index is 10.8. The molecule has 0 saturated carbocycles. The minimum Gasteiger partial charge on any atom is -0.493 e. The molecule has 1 aromatic carbocycles. The van der Waals surface area contributed by atoms with Crippen LogP contribution in [0.1, 0.15) is 55.6 Å². The lowest BCUT2D eigenvalue weighted by atomic mass is 10.1. The van der Waals surface area contributed by atoms with Crippen LogP contribution in [0, 0.1) is 19.8 Å². The van der Waals surface area contributed by atoms with Gasteiger partial charge in [0.2, 0.25) is 0 Å². The summed E-state index contributed by atoms with van der Waals surface area (Å²) in [5.74, 6) is 0.677. The van der Waals surface area contributed by atoms with Gasteiger partial charge in [0.15, 0.2) is 0 Å². The highest BCUT2D eigenvalue weighted by Crippen LogP contribution is 2.23. The molecular weight excluding hydrogens is 328 g/mol. The van der Waals surface area contributed by atoms with Crippen LogP contribution in [0.15, 0.2) is 24.3 Å². The van der Waals surface area contributed by atoms with Crippen LogP contribution >= 0.6 is 0 Å². The number of nitrogens with zero attached hydrogens (tertiary/aromatic N) is 2. The van der Waals surface area contributed by atoms with Crippen LogP contribution in [0.2, 0.25) is 0 Å². The number of aliphatic carboxylic acids is 1. The first-order valence-corrected chi connectivity index (χ1v) is 9.40. The third kappa shape index (κ3) is 5.61. The molecule has 0 aliphatic carbocycles. The molecule has 1 heterocycles. The van der Waals surface area contributed by atoms with Gasteiger partial charge in [-0.3, -0.25) is 9.48 Å². The van der Waals surface area contributed by atoms with Crippen LogP contribution < -0.4 is 4.74 Å². The second-order valence-corrected chi connectivity index (χ2v) is 6.93. The molecule has 0 saturated heterocycles. The van der Waals surface area contributed by atoms with Crippen LogP contribution in [0.4, 0.5) is 0 Å². The average Bonchev–Trinajstić information content (AvgIpc) is 2.95. The Kier molecular flexibility index (Phi) is 7.25. The second kappa shape index (κ2) is 9.41. The Balaban J connectivity index is 2.15. The summed E-state index contributed by atoms with van der Waals surface area (Å²) in [6, 6.07) is 8.21. The highest BCUT2D eigenvalue weighted by atomic mass is 16.5. The molecule has 0 aliphatic heterocycles. The SMILES string of the molecule is CCC(CC)COc1ccc(C)cc1Cn1nc(CCC(=O)O)cc1C. The van der Waals surface area contributed by atoms with Crippen LogP contribution in [0.5, 0.6) is 5.75 Å². The third-order valence-corrected chi connectivity index (χ3v) is 4.79. The summed E-state index contributed by atoms with van der Waals surface area (Å²) >= 11 is 0. The molecule has 0 spiro atoms. The zero-order valence-corrected chi connectivity index (χ0v) is 16.3. The predicted octanol–water partition coefficient (Wildman–Crippen LogP) is 4.38. The smallest absolute Gasteiger partial charge is 0.303 e. The molecular formula is C21H30N2O3. The summed E-state index contributed by atoms with van der Waals surface area (Å²) in [5, 5.41) is 13.4. The Morgan fingerprint density at radius 1 is 1.23 bits per heavy atom. The number of benzene rings is 1. The van der Waals surface area contributed by atoms with E-state index in [4.69, 9.17) is 9.84 Å². The van der Waals surface area contributed by atoms with Gasteiger partial charge >= 0.3 is 5.97 Å². The molecule has 0 unspecified atom stereocenters. The molecule has 0 atom stereocenters. The maximum Gasteiger partial charge on any atom is 0.303 e. The Morgan fingerprint density at radius 2 is 1.96 bits per heavy atom. The first-order valence-electron chi connectivity index (χ1n) is 9.40. The van der Waals surface area contributed by atoms with Crippen molar-refractivity contribution < 1.29 is 14.6 Å². The zero-order valence-electron chi connectivity index (χ0n) is 16.3. The fourth-order valence-electron chi connectivity index (χ4n) is 2.96. The maximum absolute atomic E-state index is 10.8. The first-order chi connectivity index (χ1) is 12.4. The van der Waals surface area contributed by atoms with E-state index in [9.17, 15) is 4.79 Å². The lowest BCUT2D eigenvalue weighted by molar-refractivity contribution is -0.136. The average molecular weight is 358 g/mol. The van der Waals surface area contributed by atoms with Gasteiger partial charge in [-0.2, -0.15) is 5.10 Å². The van der Waals surface area contributed by atoms with Gasteiger partial charge in [0.05, 0.1) is 25.3 Å². The van der Waals surface area contributed by atoms with Crippen molar-refractivity contribution in [3.05, 3.63) is 46.8 Å². The van der Waals surface area contributed by atoms with Gasteiger partial charge in [-0.15, -0.1) is 0 Å². The molecule has 5 nitrogen and oxygen atoms in total. The molecule has 0 aliphatic rings. The summed E-state index contributed by atoms with van der Waals surface area (Å²) in [4.78, 5) is 10.8. The van der Waals surface area contributed by atoms with Crippen LogP contribution in [0.25, 0.3) is 0 Å². The molecule has 1 aromatic heterocycles. The summed E-state index contributed by atoms with van der Waals surface area (Å²) < 4.78 is 8.04. The van der Waals surface area contributed by atoms with Crippen molar-refractivity contribution in [3.63, 3.8) is 0 Å². The first kappa shape index (κ1) is 20.0. The molecule has 142 valence electrons. The summed E-state index contributed by atoms with van der Waals surface area (Å²) in [5.41, 5.74) is 4.13. The standard InChI is InChI=1S/C21H30N2O3/c1-5-17(6-2)14-26-20-9-7-15(3)11-18(20)13-23-16(4)12-19(22-23)8-10-21(24)25/h7,9,11-12,17H,5-6,8,10,13-14H2,1-4H3,(H,24,25). The van der Waals surface area contributed by atoms with E-state index >= 15 is 0 Å². The number of hydrogen-bond acceptors (Lipinski definition) is 3. The van der Waals surface area contributed by atoms with E-state index in [1.807, 2.05) is 23.7 Å². The number of carbonyl (C=O) groups is 1. The molecule has 0 amide bonds. The van der Waals surface area contributed by atoms with Crippen molar-refractivity contribution in [2.45, 2.75) is 59.9 Å². The fourth-order valence-corrected chi connectivity index (χ4v) is 2.96. The molecule has 1 N–H and O–H groups in total. The minimum absolute atomic E-state index is 0.102. The van der Waals surface area contributed by atoms with Crippen LogP contribution in [0.3, 0.4) is 0 Å². The van der Waals surface area contributed by atoms with E-state index in [1.165, 1.54) is 5.56 Å². The van der Waals surface area contributed by atoms with Crippen molar-refractivity contribution in [3.8, 4) is 5.75 Å². The van der Waals surface area contributed by atoms with E-state index in [2.05, 4.69) is 38.0 Å². The Hall–Kier alpha value is -2.30. The third-order valence-electron chi connectivity index (χ3n) is 4.79. The van der Waals surface area contributed by atoms with Crippen LogP contribution in [-0.2, 0) is 17.8 Å². The van der Waals surface area contributed by atoms with Crippen molar-refractivity contribution >= 4 is 5.97 Å². The number of ether oxygens (including phenoxy) is 1. The quantitative estimate of drug-likeness (QED) is 0.684. The fraction of sp³-hybridized carbons (Fsp3) is 0.524. The number of aryl methyl sites for hydroxylation is 3. The van der Waals surface area contributed by atoms with Crippen molar-refractivity contribution in [1.82, 2.24) is 9.78 Å². The highest BCUT2D eigenvalue weighted by Gasteiger charge is 2.12. The largest absolute Gasteiger partial charge is 0.493 e. The normalized spacial score (nSPS) is 11.1. The molecule has 2 rings (SSSR count). The summed E-state index contributed by atoms with van der Waals surface area (Å²) in [7, 11) is 0. The number of carboxylic acids is 1. The van der Waals surface area contributed by atoms with Gasteiger partial charge in [0.1, 0.15) is 5.75 Å². The van der Waals surface area contributed by atoms with Gasteiger partial charge < -0.3 is 9.84 Å². The van der Waals surface area contributed by atoms with Crippen molar-refractivity contribution in [2.75, 3.05) is 6.61 Å². The summed E-state index contributed by atoms with van der Waals surface area (Å²) in [6.45, 7) is 9.81. The zero-order chi connectivity index (χ0) is 19.1. The van der Waals surface area contributed by atoms with E-state index in [-0.39, 0.29) is 6.42 Å².